The van der Waals surface area contributed by atoms with E-state index in [2.05, 4.69) is 0 Å². The summed E-state index contributed by atoms with van der Waals surface area (Å²) in [5.74, 6) is 0.130. The SMILES string of the molecule is O=C(C1CCOCC1)C1(O)CCCC1. The number of hydrogen-bond acceptors (Lipinski definition) is 3. The summed E-state index contributed by atoms with van der Waals surface area (Å²) in [6.45, 7) is 1.35. The second-order valence-corrected chi connectivity index (χ2v) is 4.49. The first kappa shape index (κ1) is 10.1. The first-order valence-electron chi connectivity index (χ1n) is 5.57. The van der Waals surface area contributed by atoms with Gasteiger partial charge in [-0.1, -0.05) is 0 Å². The zero-order valence-electron chi connectivity index (χ0n) is 8.50. The molecule has 80 valence electrons. The summed E-state index contributed by atoms with van der Waals surface area (Å²) in [5.41, 5.74) is -0.984. The first-order chi connectivity index (χ1) is 6.72. The Balaban J connectivity index is 1.98. The van der Waals surface area contributed by atoms with Crippen LogP contribution in [-0.4, -0.2) is 29.7 Å². The largest absolute Gasteiger partial charge is 0.382 e. The third-order valence-electron chi connectivity index (χ3n) is 3.48. The molecular formula is C11H18O3. The molecule has 0 unspecified atom stereocenters. The van der Waals surface area contributed by atoms with Crippen LogP contribution in [0.2, 0.25) is 0 Å². The standard InChI is InChI=1S/C11H18O3/c12-10(9-3-7-14-8-4-9)11(13)5-1-2-6-11/h9,13H,1-8H2. The number of ketones is 1. The van der Waals surface area contributed by atoms with Gasteiger partial charge in [0.25, 0.3) is 0 Å². The maximum absolute atomic E-state index is 12.0. The molecule has 1 N–H and O–H groups in total. The van der Waals surface area contributed by atoms with Gasteiger partial charge in [0.15, 0.2) is 5.78 Å². The maximum Gasteiger partial charge on any atom is 0.167 e. The second-order valence-electron chi connectivity index (χ2n) is 4.49. The van der Waals surface area contributed by atoms with Gasteiger partial charge in [0.05, 0.1) is 0 Å². The molecule has 1 aliphatic carbocycles. The van der Waals surface area contributed by atoms with E-state index in [1.807, 2.05) is 0 Å². The zero-order valence-corrected chi connectivity index (χ0v) is 8.50. The Kier molecular flexibility index (Phi) is 2.88. The highest BCUT2D eigenvalue weighted by atomic mass is 16.5. The average molecular weight is 198 g/mol. The van der Waals surface area contributed by atoms with Crippen LogP contribution in [0.15, 0.2) is 0 Å². The van der Waals surface area contributed by atoms with E-state index >= 15 is 0 Å². The molecule has 14 heavy (non-hydrogen) atoms. The minimum Gasteiger partial charge on any atom is -0.382 e. The molecule has 1 saturated carbocycles. The van der Waals surface area contributed by atoms with Crippen molar-refractivity contribution >= 4 is 5.78 Å². The van der Waals surface area contributed by atoms with Crippen LogP contribution >= 0.6 is 0 Å². The molecule has 1 aliphatic heterocycles. The smallest absolute Gasteiger partial charge is 0.167 e. The molecule has 1 heterocycles. The molecule has 1 saturated heterocycles. The fraction of sp³-hybridized carbons (Fsp3) is 0.909. The second kappa shape index (κ2) is 3.99. The molecule has 0 aromatic rings. The number of carbonyl (C=O) groups excluding carboxylic acids is 1. The van der Waals surface area contributed by atoms with Crippen LogP contribution in [-0.2, 0) is 9.53 Å². The van der Waals surface area contributed by atoms with Crippen molar-refractivity contribution in [2.45, 2.75) is 44.1 Å². The molecule has 0 atom stereocenters. The number of Topliss-reactive ketones (excluding diaryl/α,β-unsaturated/α-hetero) is 1. The van der Waals surface area contributed by atoms with E-state index in [9.17, 15) is 9.90 Å². The van der Waals surface area contributed by atoms with Crippen LogP contribution in [0.3, 0.4) is 0 Å². The van der Waals surface area contributed by atoms with E-state index in [0.29, 0.717) is 26.1 Å². The molecule has 0 aromatic carbocycles. The third-order valence-corrected chi connectivity index (χ3v) is 3.48. The van der Waals surface area contributed by atoms with Crippen LogP contribution in [0, 0.1) is 5.92 Å². The maximum atomic E-state index is 12.0. The highest BCUT2D eigenvalue weighted by Gasteiger charge is 2.42. The number of hydrogen-bond donors (Lipinski definition) is 1. The minimum atomic E-state index is -0.984. The molecular weight excluding hydrogens is 180 g/mol. The lowest BCUT2D eigenvalue weighted by atomic mass is 9.83. The van der Waals surface area contributed by atoms with Crippen molar-refractivity contribution < 1.29 is 14.6 Å². The Bertz CT molecular complexity index is 213. The Labute approximate surface area is 84.4 Å². The molecule has 0 amide bonds. The predicted octanol–water partition coefficient (Wildman–Crippen LogP) is 1.29. The van der Waals surface area contributed by atoms with Gasteiger partial charge in [-0.3, -0.25) is 4.79 Å². The number of ether oxygens (including phenoxy) is 1. The number of aliphatic hydroxyl groups is 1. The van der Waals surface area contributed by atoms with Gasteiger partial charge in [0.2, 0.25) is 0 Å². The van der Waals surface area contributed by atoms with Crippen molar-refractivity contribution in [3.05, 3.63) is 0 Å². The summed E-state index contributed by atoms with van der Waals surface area (Å²) in [7, 11) is 0. The summed E-state index contributed by atoms with van der Waals surface area (Å²) in [6, 6.07) is 0. The van der Waals surface area contributed by atoms with Crippen LogP contribution in [0.1, 0.15) is 38.5 Å². The zero-order chi connectivity index (χ0) is 10.0. The van der Waals surface area contributed by atoms with Gasteiger partial charge in [0.1, 0.15) is 5.60 Å². The lowest BCUT2D eigenvalue weighted by Crippen LogP contribution is -2.41. The van der Waals surface area contributed by atoms with Crippen molar-refractivity contribution in [3.8, 4) is 0 Å². The predicted molar refractivity (Wildman–Crippen MR) is 52.0 cm³/mol. The summed E-state index contributed by atoms with van der Waals surface area (Å²) in [5, 5.41) is 10.1. The van der Waals surface area contributed by atoms with Gasteiger partial charge in [-0.05, 0) is 38.5 Å². The molecule has 2 fully saturated rings. The lowest BCUT2D eigenvalue weighted by Gasteiger charge is -2.28. The van der Waals surface area contributed by atoms with E-state index in [1.54, 1.807) is 0 Å². The van der Waals surface area contributed by atoms with Gasteiger partial charge in [-0.25, -0.2) is 0 Å². The fourth-order valence-corrected chi connectivity index (χ4v) is 2.55. The fourth-order valence-electron chi connectivity index (χ4n) is 2.55. The van der Waals surface area contributed by atoms with Gasteiger partial charge in [0, 0.05) is 19.1 Å². The normalized spacial score (nSPS) is 27.8. The molecule has 0 aromatic heterocycles. The lowest BCUT2D eigenvalue weighted by molar-refractivity contribution is -0.144. The average Bonchev–Trinajstić information content (AvgIpc) is 2.67. The van der Waals surface area contributed by atoms with Crippen molar-refractivity contribution in [2.24, 2.45) is 5.92 Å². The summed E-state index contributed by atoms with van der Waals surface area (Å²) < 4.78 is 5.21. The van der Waals surface area contributed by atoms with Crippen molar-refractivity contribution in [3.63, 3.8) is 0 Å². The van der Waals surface area contributed by atoms with Crippen LogP contribution in [0.5, 0.6) is 0 Å². The number of carbonyl (C=O) groups is 1. The van der Waals surface area contributed by atoms with Crippen LogP contribution in [0.4, 0.5) is 0 Å². The van der Waals surface area contributed by atoms with Gasteiger partial charge >= 0.3 is 0 Å². The summed E-state index contributed by atoms with van der Waals surface area (Å²) >= 11 is 0. The van der Waals surface area contributed by atoms with Crippen molar-refractivity contribution in [2.75, 3.05) is 13.2 Å². The Hall–Kier alpha value is -0.410. The highest BCUT2D eigenvalue weighted by Crippen LogP contribution is 2.34. The Morgan fingerprint density at radius 1 is 1.21 bits per heavy atom. The monoisotopic (exact) mass is 198 g/mol. The van der Waals surface area contributed by atoms with Gasteiger partial charge < -0.3 is 9.84 Å². The topological polar surface area (TPSA) is 46.5 Å². The number of rotatable bonds is 2. The van der Waals surface area contributed by atoms with Gasteiger partial charge in [-0.15, -0.1) is 0 Å². The molecule has 0 radical (unpaired) electrons. The summed E-state index contributed by atoms with van der Waals surface area (Å²) in [6.07, 6.45) is 4.91. The van der Waals surface area contributed by atoms with E-state index < -0.39 is 5.60 Å². The molecule has 0 spiro atoms. The molecule has 2 rings (SSSR count). The van der Waals surface area contributed by atoms with Crippen molar-refractivity contribution in [1.29, 1.82) is 0 Å². The van der Waals surface area contributed by atoms with Crippen LogP contribution in [0.25, 0.3) is 0 Å². The van der Waals surface area contributed by atoms with Crippen LogP contribution < -0.4 is 0 Å². The van der Waals surface area contributed by atoms with Gasteiger partial charge in [-0.2, -0.15) is 0 Å². The van der Waals surface area contributed by atoms with Crippen molar-refractivity contribution in [1.82, 2.24) is 0 Å². The quantitative estimate of drug-likeness (QED) is 0.727. The van der Waals surface area contributed by atoms with E-state index in [0.717, 1.165) is 25.7 Å². The Morgan fingerprint density at radius 2 is 1.79 bits per heavy atom. The highest BCUT2D eigenvalue weighted by molar-refractivity contribution is 5.89. The Morgan fingerprint density at radius 3 is 2.36 bits per heavy atom. The minimum absolute atomic E-state index is 0.0480. The molecule has 0 bridgehead atoms. The third kappa shape index (κ3) is 1.84. The molecule has 2 aliphatic rings. The van der Waals surface area contributed by atoms with E-state index in [4.69, 9.17) is 4.74 Å². The molecule has 3 nitrogen and oxygen atoms in total. The van der Waals surface area contributed by atoms with E-state index in [1.165, 1.54) is 0 Å². The first-order valence-corrected chi connectivity index (χ1v) is 5.57. The summed E-state index contributed by atoms with van der Waals surface area (Å²) in [4.78, 5) is 12.0. The van der Waals surface area contributed by atoms with E-state index in [-0.39, 0.29) is 11.7 Å². The molecule has 3 heteroatoms.